The number of imidazole rings is 1. The van der Waals surface area contributed by atoms with Gasteiger partial charge in [0.15, 0.2) is 23.2 Å². The van der Waals surface area contributed by atoms with Crippen molar-refractivity contribution in [2.75, 3.05) is 18.5 Å². The van der Waals surface area contributed by atoms with E-state index in [0.29, 0.717) is 29.4 Å². The predicted octanol–water partition coefficient (Wildman–Crippen LogP) is 0.626. The molecule has 5 atom stereocenters. The fourth-order valence-electron chi connectivity index (χ4n) is 3.44. The minimum absolute atomic E-state index is 0.0678. The third kappa shape index (κ3) is 3.94. The van der Waals surface area contributed by atoms with Crippen LogP contribution in [0.15, 0.2) is 36.7 Å². The summed E-state index contributed by atoms with van der Waals surface area (Å²) in [5.41, 5.74) is 0.959. The molecule has 1 saturated heterocycles. The predicted molar refractivity (Wildman–Crippen MR) is 108 cm³/mol. The summed E-state index contributed by atoms with van der Waals surface area (Å²) < 4.78 is 12.9. The first-order chi connectivity index (χ1) is 14.5. The number of hydrogen-bond acceptors (Lipinski definition) is 9. The zero-order chi connectivity index (χ0) is 21.3. The largest absolute Gasteiger partial charge is 0.491 e. The Morgan fingerprint density at radius 2 is 1.97 bits per heavy atom. The Morgan fingerprint density at radius 1 is 1.20 bits per heavy atom. The summed E-state index contributed by atoms with van der Waals surface area (Å²) in [5.74, 6) is 1.82. The van der Waals surface area contributed by atoms with Crippen molar-refractivity contribution in [3.05, 3.63) is 42.5 Å². The monoisotopic (exact) mass is 415 g/mol. The molecule has 0 unspecified atom stereocenters. The lowest BCUT2D eigenvalue weighted by atomic mass is 10.1. The van der Waals surface area contributed by atoms with Crippen LogP contribution in [0.5, 0.6) is 5.75 Å². The summed E-state index contributed by atoms with van der Waals surface area (Å²) in [4.78, 5) is 13.3. The summed E-state index contributed by atoms with van der Waals surface area (Å²) in [7, 11) is 0. The quantitative estimate of drug-likeness (QED) is 0.438. The molecule has 4 N–H and O–H groups in total. The maximum absolute atomic E-state index is 10.3. The van der Waals surface area contributed by atoms with Gasteiger partial charge in [-0.25, -0.2) is 15.0 Å². The molecule has 30 heavy (non-hydrogen) atoms. The lowest BCUT2D eigenvalue weighted by Crippen LogP contribution is -2.33. The Labute approximate surface area is 173 Å². The number of nitrogens with zero attached hydrogens (tertiary/aromatic N) is 4. The summed E-state index contributed by atoms with van der Waals surface area (Å²) in [6.07, 6.45) is -2.73. The van der Waals surface area contributed by atoms with E-state index in [1.54, 1.807) is 11.5 Å². The van der Waals surface area contributed by atoms with Gasteiger partial charge in [0, 0.05) is 0 Å². The number of aliphatic hydroxyl groups is 3. The molecule has 10 nitrogen and oxygen atoms in total. The second-order valence-corrected chi connectivity index (χ2v) is 7.34. The lowest BCUT2D eigenvalue weighted by Gasteiger charge is -2.18. The number of aryl methyl sites for hydroxylation is 1. The second-order valence-electron chi connectivity index (χ2n) is 7.34. The van der Waals surface area contributed by atoms with Gasteiger partial charge in [0.25, 0.3) is 0 Å². The van der Waals surface area contributed by atoms with Gasteiger partial charge in [-0.3, -0.25) is 4.57 Å². The van der Waals surface area contributed by atoms with Gasteiger partial charge in [-0.2, -0.15) is 0 Å². The van der Waals surface area contributed by atoms with E-state index in [9.17, 15) is 15.3 Å². The van der Waals surface area contributed by atoms with Gasteiger partial charge in [0.05, 0.1) is 19.0 Å². The van der Waals surface area contributed by atoms with E-state index in [0.717, 1.165) is 5.75 Å². The average Bonchev–Trinajstić information content (AvgIpc) is 3.28. The molecular weight excluding hydrogens is 390 g/mol. The molecule has 0 bridgehead atoms. The molecule has 4 rings (SSSR count). The highest BCUT2D eigenvalue weighted by Gasteiger charge is 2.44. The maximum atomic E-state index is 10.3. The molecule has 0 radical (unpaired) electrons. The third-order valence-electron chi connectivity index (χ3n) is 4.95. The molecule has 1 aromatic carbocycles. The van der Waals surface area contributed by atoms with Crippen LogP contribution in [0.1, 0.15) is 19.0 Å². The lowest BCUT2D eigenvalue weighted by molar-refractivity contribution is -0.0511. The Bertz CT molecular complexity index is 998. The fourth-order valence-corrected chi connectivity index (χ4v) is 3.44. The SMILES string of the molecule is Cc1nc(N[C@H](C)COc2ccccc2)c2ncn([C@@H]3O[C@H](CO)[C@@H](O)[C@H]3O)c2n1. The number of nitrogens with one attached hydrogen (secondary N) is 1. The van der Waals surface area contributed by atoms with E-state index in [1.165, 1.54) is 6.33 Å². The van der Waals surface area contributed by atoms with Gasteiger partial charge in [-0.15, -0.1) is 0 Å². The van der Waals surface area contributed by atoms with Gasteiger partial charge in [0.2, 0.25) is 0 Å². The molecule has 3 heterocycles. The normalized spacial score (nSPS) is 24.8. The molecular formula is C20H25N5O5. The van der Waals surface area contributed by atoms with Gasteiger partial charge in [0.1, 0.15) is 36.5 Å². The third-order valence-corrected chi connectivity index (χ3v) is 4.95. The van der Waals surface area contributed by atoms with Crippen molar-refractivity contribution in [1.29, 1.82) is 0 Å². The number of benzene rings is 1. The minimum Gasteiger partial charge on any atom is -0.491 e. The highest BCUT2D eigenvalue weighted by Crippen LogP contribution is 2.32. The molecule has 3 aromatic rings. The number of anilines is 1. The summed E-state index contributed by atoms with van der Waals surface area (Å²) in [6.45, 7) is 3.74. The molecule has 10 heteroatoms. The average molecular weight is 415 g/mol. The first-order valence-corrected chi connectivity index (χ1v) is 9.76. The van der Waals surface area contributed by atoms with Crippen LogP contribution in [-0.4, -0.2) is 72.4 Å². The molecule has 1 aliphatic heterocycles. The highest BCUT2D eigenvalue weighted by molar-refractivity contribution is 5.83. The van der Waals surface area contributed by atoms with Crippen LogP contribution >= 0.6 is 0 Å². The van der Waals surface area contributed by atoms with Gasteiger partial charge < -0.3 is 30.1 Å². The number of hydrogen-bond donors (Lipinski definition) is 4. The Balaban J connectivity index is 1.55. The van der Waals surface area contributed by atoms with Crippen LogP contribution in [0, 0.1) is 6.92 Å². The molecule has 0 aliphatic carbocycles. The van der Waals surface area contributed by atoms with Crippen molar-refractivity contribution in [2.24, 2.45) is 0 Å². The Hall–Kier alpha value is -2.79. The van der Waals surface area contributed by atoms with Crippen molar-refractivity contribution >= 4 is 17.0 Å². The number of rotatable bonds is 7. The summed E-state index contributed by atoms with van der Waals surface area (Å²) >= 11 is 0. The number of para-hydroxylation sites is 1. The van der Waals surface area contributed by atoms with Crippen molar-refractivity contribution in [3.8, 4) is 5.75 Å². The van der Waals surface area contributed by atoms with E-state index in [-0.39, 0.29) is 6.04 Å². The number of ether oxygens (including phenoxy) is 2. The van der Waals surface area contributed by atoms with E-state index in [1.807, 2.05) is 37.3 Å². The second kappa shape index (κ2) is 8.52. The zero-order valence-corrected chi connectivity index (χ0v) is 16.7. The molecule has 0 spiro atoms. The van der Waals surface area contributed by atoms with Crippen molar-refractivity contribution in [3.63, 3.8) is 0 Å². The van der Waals surface area contributed by atoms with Crippen molar-refractivity contribution in [1.82, 2.24) is 19.5 Å². The number of fused-ring (bicyclic) bond motifs is 1. The maximum Gasteiger partial charge on any atom is 0.167 e. The molecule has 1 aliphatic rings. The van der Waals surface area contributed by atoms with Gasteiger partial charge in [-0.1, -0.05) is 18.2 Å². The minimum atomic E-state index is -1.22. The highest BCUT2D eigenvalue weighted by atomic mass is 16.6. The van der Waals surface area contributed by atoms with Crippen LogP contribution in [0.3, 0.4) is 0 Å². The van der Waals surface area contributed by atoms with Crippen LogP contribution in [0.25, 0.3) is 11.2 Å². The standard InChI is InChI=1S/C20H25N5O5/c1-11(9-29-13-6-4-3-5-7-13)22-18-15-19(24-12(2)23-18)25(10-21-15)20-17(28)16(27)14(8-26)30-20/h3-7,10-11,14,16-17,20,26-28H,8-9H2,1-2H3,(H,22,23,24)/t11-,14-,16-,17-,20-/m1/s1. The van der Waals surface area contributed by atoms with E-state index in [2.05, 4.69) is 20.3 Å². The first kappa shape index (κ1) is 20.5. The van der Waals surface area contributed by atoms with Crippen molar-refractivity contribution in [2.45, 2.75) is 44.4 Å². The van der Waals surface area contributed by atoms with Crippen LogP contribution < -0.4 is 10.1 Å². The molecule has 0 saturated carbocycles. The van der Waals surface area contributed by atoms with Gasteiger partial charge >= 0.3 is 0 Å². The summed E-state index contributed by atoms with van der Waals surface area (Å²) in [6, 6.07) is 9.47. The summed E-state index contributed by atoms with van der Waals surface area (Å²) in [5, 5.41) is 33.0. The van der Waals surface area contributed by atoms with Gasteiger partial charge in [-0.05, 0) is 26.0 Å². The fraction of sp³-hybridized carbons (Fsp3) is 0.450. The Kier molecular flexibility index (Phi) is 5.82. The molecule has 160 valence electrons. The topological polar surface area (TPSA) is 135 Å². The van der Waals surface area contributed by atoms with Crippen LogP contribution in [0.4, 0.5) is 5.82 Å². The molecule has 2 aromatic heterocycles. The molecule has 0 amide bonds. The van der Waals surface area contributed by atoms with E-state index in [4.69, 9.17) is 9.47 Å². The number of aromatic nitrogens is 4. The van der Waals surface area contributed by atoms with Crippen LogP contribution in [0.2, 0.25) is 0 Å². The zero-order valence-electron chi connectivity index (χ0n) is 16.7. The van der Waals surface area contributed by atoms with E-state index < -0.39 is 31.1 Å². The first-order valence-electron chi connectivity index (χ1n) is 9.76. The number of aliphatic hydroxyl groups excluding tert-OH is 3. The smallest absolute Gasteiger partial charge is 0.167 e. The molecule has 1 fully saturated rings. The Morgan fingerprint density at radius 3 is 2.67 bits per heavy atom. The van der Waals surface area contributed by atoms with Crippen molar-refractivity contribution < 1.29 is 24.8 Å². The van der Waals surface area contributed by atoms with E-state index >= 15 is 0 Å². The van der Waals surface area contributed by atoms with Crippen LogP contribution in [-0.2, 0) is 4.74 Å².